The molecule has 1 amide bonds. The van der Waals surface area contributed by atoms with Gasteiger partial charge in [0, 0.05) is 24.5 Å². The summed E-state index contributed by atoms with van der Waals surface area (Å²) in [5.74, 6) is -0.764. The maximum Gasteiger partial charge on any atom is 0.325 e. The van der Waals surface area contributed by atoms with E-state index in [0.717, 1.165) is 42.8 Å². The number of carboxylic acid groups (broad SMARTS) is 1. The second-order valence-electron chi connectivity index (χ2n) is 7.06. The molecule has 1 unspecified atom stereocenters. The minimum absolute atomic E-state index is 0.151. The summed E-state index contributed by atoms with van der Waals surface area (Å²) in [4.78, 5) is 35.7. The molecule has 1 aromatic heterocycles. The van der Waals surface area contributed by atoms with Crippen LogP contribution in [0.15, 0.2) is 6.07 Å². The van der Waals surface area contributed by atoms with Gasteiger partial charge in [-0.2, -0.15) is 0 Å². The summed E-state index contributed by atoms with van der Waals surface area (Å²) in [6.07, 6.45) is 1.60. The summed E-state index contributed by atoms with van der Waals surface area (Å²) in [7, 11) is 1.28. The van der Waals surface area contributed by atoms with Crippen LogP contribution in [0.3, 0.4) is 0 Å². The van der Waals surface area contributed by atoms with E-state index < -0.39 is 12.1 Å². The Morgan fingerprint density at radius 1 is 1.43 bits per heavy atom. The maximum absolute atomic E-state index is 12.4. The van der Waals surface area contributed by atoms with E-state index in [1.807, 2.05) is 6.07 Å². The van der Waals surface area contributed by atoms with Gasteiger partial charge in [0.25, 0.3) is 12.4 Å². The predicted molar refractivity (Wildman–Crippen MR) is 107 cm³/mol. The number of hydrogen-bond donors (Lipinski definition) is 4. The van der Waals surface area contributed by atoms with Crippen LogP contribution in [-0.4, -0.2) is 91.2 Å². The number of fused-ring (bicyclic) bond motifs is 2. The van der Waals surface area contributed by atoms with Crippen LogP contribution in [0.2, 0.25) is 0 Å². The Bertz CT molecular complexity index is 730. The van der Waals surface area contributed by atoms with Crippen molar-refractivity contribution in [2.45, 2.75) is 31.0 Å². The van der Waals surface area contributed by atoms with Gasteiger partial charge in [0.1, 0.15) is 12.1 Å². The van der Waals surface area contributed by atoms with E-state index in [1.165, 1.54) is 18.4 Å². The molecule has 1 spiro atoms. The Kier molecular flexibility index (Phi) is 9.18. The maximum atomic E-state index is 12.4. The number of piperidine rings is 1. The van der Waals surface area contributed by atoms with E-state index >= 15 is 0 Å². The van der Waals surface area contributed by atoms with Crippen molar-refractivity contribution in [1.82, 2.24) is 10.2 Å². The van der Waals surface area contributed by atoms with Gasteiger partial charge in [-0.3, -0.25) is 14.4 Å². The first-order chi connectivity index (χ1) is 14.4. The quantitative estimate of drug-likeness (QED) is 0.339. The number of carbonyl (C=O) groups is 3. The highest BCUT2D eigenvalue weighted by Crippen LogP contribution is 2.45. The molecular weight excluding hydrogens is 416 g/mol. The molecule has 30 heavy (non-hydrogen) atoms. The fourth-order valence-corrected chi connectivity index (χ4v) is 5.00. The van der Waals surface area contributed by atoms with Crippen molar-refractivity contribution < 1.29 is 39.2 Å². The molecule has 0 aliphatic carbocycles. The molecule has 10 nitrogen and oxygen atoms in total. The number of esters is 1. The van der Waals surface area contributed by atoms with Crippen LogP contribution < -0.4 is 5.32 Å². The van der Waals surface area contributed by atoms with Crippen molar-refractivity contribution in [2.24, 2.45) is 0 Å². The molecule has 2 aliphatic rings. The smallest absolute Gasteiger partial charge is 0.325 e. The first-order valence-electron chi connectivity index (χ1n) is 9.60. The summed E-state index contributed by atoms with van der Waals surface area (Å²) in [6.45, 7) is 1.95. The number of nitrogens with one attached hydrogen (secondary N) is 1. The number of thiophene rings is 1. The van der Waals surface area contributed by atoms with E-state index in [4.69, 9.17) is 19.7 Å². The van der Waals surface area contributed by atoms with Gasteiger partial charge < -0.3 is 35.0 Å². The number of aliphatic hydroxyl groups is 2. The van der Waals surface area contributed by atoms with Crippen molar-refractivity contribution in [3.05, 3.63) is 21.4 Å². The van der Waals surface area contributed by atoms with E-state index in [2.05, 4.69) is 15.0 Å². The van der Waals surface area contributed by atoms with E-state index in [0.29, 0.717) is 18.0 Å². The number of β-amino-alcohol motifs (C(OH)–C–C–N with tert-alkyl or cyclic N) is 1. The van der Waals surface area contributed by atoms with Gasteiger partial charge in [0.2, 0.25) is 0 Å². The third kappa shape index (κ3) is 5.99. The standard InChI is InChI=1S/C18H26N2O6S.CH2O2/c1-25-15(23)9-19-17(24)14-8-12-2-7-26-18(16(12)27-14)3-5-20(6-4-18)10-13(22)11-21;2-1-3/h8,13,21-22H,2-7,9-11H2,1H3,(H,19,24);1H,(H,2,3). The summed E-state index contributed by atoms with van der Waals surface area (Å²) in [6, 6.07) is 1.90. The Morgan fingerprint density at radius 3 is 2.70 bits per heavy atom. The van der Waals surface area contributed by atoms with Gasteiger partial charge in [0.15, 0.2) is 0 Å². The molecule has 0 bridgehead atoms. The number of amides is 1. The Balaban J connectivity index is 0.00000101. The zero-order valence-corrected chi connectivity index (χ0v) is 17.7. The average molecular weight is 445 g/mol. The van der Waals surface area contributed by atoms with Crippen LogP contribution >= 0.6 is 11.3 Å². The van der Waals surface area contributed by atoms with Crippen molar-refractivity contribution in [3.63, 3.8) is 0 Å². The minimum atomic E-state index is -0.728. The molecule has 2 aliphatic heterocycles. The largest absolute Gasteiger partial charge is 0.483 e. The number of aliphatic hydroxyl groups excluding tert-OH is 2. The number of hydrogen-bond acceptors (Lipinski definition) is 9. The van der Waals surface area contributed by atoms with Crippen LogP contribution in [0.4, 0.5) is 0 Å². The lowest BCUT2D eigenvalue weighted by atomic mass is 9.85. The van der Waals surface area contributed by atoms with Crippen molar-refractivity contribution in [1.29, 1.82) is 0 Å². The molecule has 1 aromatic rings. The number of carbonyl (C=O) groups excluding carboxylic acids is 2. The van der Waals surface area contributed by atoms with Crippen LogP contribution in [0.1, 0.15) is 33.0 Å². The molecule has 0 saturated carbocycles. The third-order valence-corrected chi connectivity index (χ3v) is 6.52. The van der Waals surface area contributed by atoms with Crippen LogP contribution in [0.5, 0.6) is 0 Å². The number of methoxy groups -OCH3 is 1. The Hall–Kier alpha value is -2.05. The molecule has 0 radical (unpaired) electrons. The molecule has 3 rings (SSSR count). The summed E-state index contributed by atoms with van der Waals surface area (Å²) in [5, 5.41) is 28.1. The average Bonchev–Trinajstić information content (AvgIpc) is 3.20. The van der Waals surface area contributed by atoms with E-state index in [1.54, 1.807) is 0 Å². The molecule has 4 N–H and O–H groups in total. The molecule has 1 atom stereocenters. The fraction of sp³-hybridized carbons (Fsp3) is 0.632. The van der Waals surface area contributed by atoms with Crippen molar-refractivity contribution in [2.75, 3.05) is 46.5 Å². The number of rotatable bonds is 6. The first kappa shape index (κ1) is 24.2. The fourth-order valence-electron chi connectivity index (χ4n) is 3.67. The van der Waals surface area contributed by atoms with Gasteiger partial charge in [-0.15, -0.1) is 11.3 Å². The lowest BCUT2D eigenvalue weighted by Crippen LogP contribution is -2.48. The number of ether oxygens (including phenoxy) is 2. The lowest BCUT2D eigenvalue weighted by Gasteiger charge is -2.44. The van der Waals surface area contributed by atoms with Gasteiger partial charge in [-0.25, -0.2) is 0 Å². The molecule has 3 heterocycles. The zero-order chi connectivity index (χ0) is 22.1. The zero-order valence-electron chi connectivity index (χ0n) is 16.8. The van der Waals surface area contributed by atoms with Crippen LogP contribution in [0, 0.1) is 0 Å². The van der Waals surface area contributed by atoms with Gasteiger partial charge in [-0.05, 0) is 30.9 Å². The molecule has 0 aromatic carbocycles. The Morgan fingerprint density at radius 2 is 2.10 bits per heavy atom. The third-order valence-electron chi connectivity index (χ3n) is 5.16. The molecular formula is C19H28N2O8S. The van der Waals surface area contributed by atoms with Gasteiger partial charge >= 0.3 is 5.97 Å². The predicted octanol–water partition coefficient (Wildman–Crippen LogP) is -0.431. The van der Waals surface area contributed by atoms with Crippen molar-refractivity contribution >= 4 is 29.7 Å². The highest BCUT2D eigenvalue weighted by Gasteiger charge is 2.42. The van der Waals surface area contributed by atoms with Crippen LogP contribution in [-0.2, 0) is 31.1 Å². The molecule has 168 valence electrons. The molecule has 11 heteroatoms. The van der Waals surface area contributed by atoms with Gasteiger partial charge in [0.05, 0.1) is 31.3 Å². The van der Waals surface area contributed by atoms with Crippen molar-refractivity contribution in [3.8, 4) is 0 Å². The van der Waals surface area contributed by atoms with Crippen LogP contribution in [0.25, 0.3) is 0 Å². The number of nitrogens with zero attached hydrogens (tertiary/aromatic N) is 1. The summed E-state index contributed by atoms with van der Waals surface area (Å²) >= 11 is 1.43. The molecule has 1 fully saturated rings. The minimum Gasteiger partial charge on any atom is -0.483 e. The monoisotopic (exact) mass is 444 g/mol. The normalized spacial score (nSPS) is 18.5. The van der Waals surface area contributed by atoms with E-state index in [-0.39, 0.29) is 31.1 Å². The SMILES string of the molecule is COC(=O)CNC(=O)c1cc2c(s1)C1(CCN(CC(O)CO)CC1)OCC2.O=CO. The lowest BCUT2D eigenvalue weighted by molar-refractivity contribution is -0.139. The topological polar surface area (TPSA) is 146 Å². The highest BCUT2D eigenvalue weighted by atomic mass is 32.1. The first-order valence-corrected chi connectivity index (χ1v) is 10.4. The summed E-state index contributed by atoms with van der Waals surface area (Å²) in [5.41, 5.74) is 0.748. The second-order valence-corrected chi connectivity index (χ2v) is 8.11. The summed E-state index contributed by atoms with van der Waals surface area (Å²) < 4.78 is 10.7. The highest BCUT2D eigenvalue weighted by molar-refractivity contribution is 7.14. The van der Waals surface area contributed by atoms with Gasteiger partial charge in [-0.1, -0.05) is 0 Å². The second kappa shape index (κ2) is 11.4. The molecule has 1 saturated heterocycles. The number of likely N-dealkylation sites (tertiary alicyclic amines) is 1. The van der Waals surface area contributed by atoms with E-state index in [9.17, 15) is 14.7 Å². The Labute approximate surface area is 178 Å².